The van der Waals surface area contributed by atoms with Gasteiger partial charge in [-0.25, -0.2) is 0 Å². The van der Waals surface area contributed by atoms with Crippen LogP contribution < -0.4 is 16.4 Å². The highest BCUT2D eigenvalue weighted by Crippen LogP contribution is 2.22. The van der Waals surface area contributed by atoms with E-state index in [0.29, 0.717) is 17.7 Å². The molecule has 0 aromatic heterocycles. The zero-order chi connectivity index (χ0) is 24.6. The van der Waals surface area contributed by atoms with Crippen LogP contribution >= 0.6 is 0 Å². The monoisotopic (exact) mass is 458 g/mol. The Bertz CT molecular complexity index is 1000. The van der Waals surface area contributed by atoms with Crippen LogP contribution in [0.15, 0.2) is 78.9 Å². The quantitative estimate of drug-likeness (QED) is 0.237. The van der Waals surface area contributed by atoms with E-state index in [2.05, 4.69) is 16.7 Å². The van der Waals surface area contributed by atoms with Crippen molar-refractivity contribution in [3.8, 4) is 6.07 Å². The third kappa shape index (κ3) is 8.97. The molecule has 0 radical (unpaired) electrons. The van der Waals surface area contributed by atoms with E-state index in [-0.39, 0.29) is 0 Å². The van der Waals surface area contributed by atoms with Crippen LogP contribution in [0.2, 0.25) is 0 Å². The molecule has 178 valence electrons. The maximum absolute atomic E-state index is 11.2. The lowest BCUT2D eigenvalue weighted by molar-refractivity contribution is -0.138. The average molecular weight is 459 g/mol. The van der Waals surface area contributed by atoms with Crippen molar-refractivity contribution < 1.29 is 9.90 Å². The minimum Gasteiger partial charge on any atom is -0.481 e. The number of carboxylic acid groups (broad SMARTS) is 1. The Balaban J connectivity index is 0.000000589. The fourth-order valence-electron chi connectivity index (χ4n) is 3.47. The molecule has 0 aliphatic rings. The van der Waals surface area contributed by atoms with Crippen LogP contribution in [-0.2, 0) is 11.2 Å². The van der Waals surface area contributed by atoms with Gasteiger partial charge >= 0.3 is 5.97 Å². The van der Waals surface area contributed by atoms with Crippen molar-refractivity contribution >= 4 is 17.3 Å². The van der Waals surface area contributed by atoms with Gasteiger partial charge in [0.1, 0.15) is 6.07 Å². The highest BCUT2D eigenvalue weighted by Gasteiger charge is 2.16. The van der Waals surface area contributed by atoms with Crippen LogP contribution in [-0.4, -0.2) is 30.7 Å². The topological polar surface area (TPSA) is 111 Å². The maximum Gasteiger partial charge on any atom is 0.310 e. The lowest BCUT2D eigenvalue weighted by Crippen LogP contribution is -2.21. The first-order valence-corrected chi connectivity index (χ1v) is 11.6. The molecular weight excluding hydrogens is 424 g/mol. The summed E-state index contributed by atoms with van der Waals surface area (Å²) >= 11 is 0. The number of carbonyl (C=O) groups is 1. The Morgan fingerprint density at radius 2 is 1.62 bits per heavy atom. The molecule has 0 bridgehead atoms. The predicted molar refractivity (Wildman–Crippen MR) is 139 cm³/mol. The molecule has 0 fully saturated rings. The van der Waals surface area contributed by atoms with E-state index in [1.165, 1.54) is 5.56 Å². The molecule has 3 aromatic rings. The number of hydrogen-bond acceptors (Lipinski definition) is 5. The van der Waals surface area contributed by atoms with Crippen LogP contribution in [0, 0.1) is 11.3 Å². The smallest absolute Gasteiger partial charge is 0.310 e. The lowest BCUT2D eigenvalue weighted by Gasteiger charge is -2.12. The van der Waals surface area contributed by atoms with E-state index >= 15 is 0 Å². The summed E-state index contributed by atoms with van der Waals surface area (Å²) in [5, 5.41) is 24.9. The van der Waals surface area contributed by atoms with Crippen LogP contribution in [0.5, 0.6) is 0 Å². The molecule has 0 saturated heterocycles. The summed E-state index contributed by atoms with van der Waals surface area (Å²) in [6.07, 6.45) is 2.43. The standard InChI is InChI=1S/C22H28N4O2.C6H6/c1-2-19(22(27)28)17-9-7-16(8-10-17)11-14-25-12-4-13-26-20-6-3-5-18(15-23)21(20)24;1-2-4-6-5-3-1/h3,5-10,19,25-26H,2,4,11-14,24H2,1H3,(H,27,28);1-6H. The molecule has 0 aliphatic heterocycles. The van der Waals surface area contributed by atoms with Crippen molar-refractivity contribution in [2.24, 2.45) is 0 Å². The van der Waals surface area contributed by atoms with Gasteiger partial charge in [-0.3, -0.25) is 4.79 Å². The molecule has 0 saturated carbocycles. The molecule has 0 amide bonds. The zero-order valence-corrected chi connectivity index (χ0v) is 19.7. The fraction of sp³-hybridized carbons (Fsp3) is 0.286. The second-order valence-electron chi connectivity index (χ2n) is 7.85. The first-order chi connectivity index (χ1) is 16.6. The van der Waals surface area contributed by atoms with Crippen molar-refractivity contribution in [2.45, 2.75) is 32.1 Å². The molecule has 5 N–H and O–H groups in total. The number of anilines is 2. The SMILES string of the molecule is CCC(C(=O)O)c1ccc(CCNCCCNc2cccc(C#N)c2N)cc1.c1ccccc1. The summed E-state index contributed by atoms with van der Waals surface area (Å²) < 4.78 is 0. The van der Waals surface area contributed by atoms with E-state index < -0.39 is 11.9 Å². The van der Waals surface area contributed by atoms with E-state index in [4.69, 9.17) is 11.0 Å². The number of nitriles is 1. The Hall–Kier alpha value is -3.82. The summed E-state index contributed by atoms with van der Waals surface area (Å²) in [5.74, 6) is -1.20. The van der Waals surface area contributed by atoms with E-state index in [0.717, 1.165) is 43.7 Å². The molecule has 3 aromatic carbocycles. The van der Waals surface area contributed by atoms with Gasteiger partial charge in [0.2, 0.25) is 0 Å². The van der Waals surface area contributed by atoms with Gasteiger partial charge in [0.25, 0.3) is 0 Å². The number of nitrogens with zero attached hydrogens (tertiary/aromatic N) is 1. The van der Waals surface area contributed by atoms with Gasteiger partial charge in [0.15, 0.2) is 0 Å². The lowest BCUT2D eigenvalue weighted by atomic mass is 9.95. The highest BCUT2D eigenvalue weighted by atomic mass is 16.4. The number of nitrogens with one attached hydrogen (secondary N) is 2. The van der Waals surface area contributed by atoms with Gasteiger partial charge in [-0.2, -0.15) is 5.26 Å². The van der Waals surface area contributed by atoms with Gasteiger partial charge in [-0.1, -0.05) is 73.7 Å². The molecule has 6 nitrogen and oxygen atoms in total. The third-order valence-electron chi connectivity index (χ3n) is 5.42. The van der Waals surface area contributed by atoms with Gasteiger partial charge in [0, 0.05) is 6.54 Å². The fourth-order valence-corrected chi connectivity index (χ4v) is 3.47. The molecule has 3 rings (SSSR count). The second-order valence-corrected chi connectivity index (χ2v) is 7.85. The normalized spacial score (nSPS) is 10.9. The molecular formula is C28H34N4O2. The minimum absolute atomic E-state index is 0.428. The van der Waals surface area contributed by atoms with E-state index in [9.17, 15) is 9.90 Å². The number of nitrogen functional groups attached to an aromatic ring is 1. The van der Waals surface area contributed by atoms with Gasteiger partial charge in [-0.15, -0.1) is 0 Å². The highest BCUT2D eigenvalue weighted by molar-refractivity contribution is 5.76. The van der Waals surface area contributed by atoms with Crippen molar-refractivity contribution in [1.29, 1.82) is 5.26 Å². The van der Waals surface area contributed by atoms with Gasteiger partial charge in [0.05, 0.1) is 22.9 Å². The number of carboxylic acids is 1. The van der Waals surface area contributed by atoms with Crippen LogP contribution in [0.4, 0.5) is 11.4 Å². The van der Waals surface area contributed by atoms with Crippen LogP contribution in [0.1, 0.15) is 42.4 Å². The van der Waals surface area contributed by atoms with E-state index in [1.807, 2.05) is 79.7 Å². The first kappa shape index (κ1) is 26.4. The zero-order valence-electron chi connectivity index (χ0n) is 19.7. The van der Waals surface area contributed by atoms with Crippen molar-refractivity contribution in [1.82, 2.24) is 5.32 Å². The first-order valence-electron chi connectivity index (χ1n) is 11.6. The Morgan fingerprint density at radius 3 is 2.18 bits per heavy atom. The Labute approximate surface area is 202 Å². The summed E-state index contributed by atoms with van der Waals surface area (Å²) in [5.41, 5.74) is 9.77. The molecule has 34 heavy (non-hydrogen) atoms. The summed E-state index contributed by atoms with van der Waals surface area (Å²) in [6.45, 7) is 4.40. The summed E-state index contributed by atoms with van der Waals surface area (Å²) in [6, 6.07) is 27.3. The molecule has 0 aliphatic carbocycles. The largest absolute Gasteiger partial charge is 0.481 e. The van der Waals surface area contributed by atoms with Crippen molar-refractivity contribution in [3.05, 3.63) is 95.6 Å². The van der Waals surface area contributed by atoms with Crippen LogP contribution in [0.3, 0.4) is 0 Å². The number of nitrogens with two attached hydrogens (primary N) is 1. The van der Waals surface area contributed by atoms with Crippen molar-refractivity contribution in [2.75, 3.05) is 30.7 Å². The maximum atomic E-state index is 11.2. The molecule has 1 unspecified atom stereocenters. The summed E-state index contributed by atoms with van der Waals surface area (Å²) in [4.78, 5) is 11.2. The summed E-state index contributed by atoms with van der Waals surface area (Å²) in [7, 11) is 0. The Kier molecular flexibility index (Phi) is 11.7. The minimum atomic E-state index is -0.772. The molecule has 6 heteroatoms. The average Bonchev–Trinajstić information content (AvgIpc) is 2.87. The molecule has 1 atom stereocenters. The Morgan fingerprint density at radius 1 is 0.971 bits per heavy atom. The number of para-hydroxylation sites is 1. The number of aliphatic carboxylic acids is 1. The number of hydrogen-bond donors (Lipinski definition) is 4. The van der Waals surface area contributed by atoms with Gasteiger partial charge in [-0.05, 0) is 55.6 Å². The van der Waals surface area contributed by atoms with Gasteiger partial charge < -0.3 is 21.5 Å². The number of benzene rings is 3. The second kappa shape index (κ2) is 15.1. The third-order valence-corrected chi connectivity index (χ3v) is 5.42. The predicted octanol–water partition coefficient (Wildman–Crippen LogP) is 5.04. The van der Waals surface area contributed by atoms with Crippen molar-refractivity contribution in [3.63, 3.8) is 0 Å². The van der Waals surface area contributed by atoms with E-state index in [1.54, 1.807) is 6.07 Å². The van der Waals surface area contributed by atoms with Crippen LogP contribution in [0.25, 0.3) is 0 Å². The molecule has 0 heterocycles. The molecule has 0 spiro atoms. The number of rotatable bonds is 11.